The average molecular weight is 380 g/mol. The number of nitrogens with one attached hydrogen (secondary N) is 1. The Kier molecular flexibility index (Phi) is 4.00. The van der Waals surface area contributed by atoms with Gasteiger partial charge in [-0.2, -0.15) is 0 Å². The van der Waals surface area contributed by atoms with E-state index in [9.17, 15) is 4.79 Å². The van der Waals surface area contributed by atoms with Gasteiger partial charge in [0.2, 0.25) is 11.8 Å². The second-order valence-electron chi connectivity index (χ2n) is 9.18. The van der Waals surface area contributed by atoms with Crippen LogP contribution in [0.1, 0.15) is 63.3 Å². The maximum Gasteiger partial charge on any atom is 0.316 e. The van der Waals surface area contributed by atoms with Gasteiger partial charge in [0.15, 0.2) is 0 Å². The first kappa shape index (κ1) is 17.7. The second-order valence-corrected chi connectivity index (χ2v) is 9.18. The van der Waals surface area contributed by atoms with Gasteiger partial charge in [0.25, 0.3) is 0 Å². The zero-order valence-corrected chi connectivity index (χ0v) is 16.6. The Hall–Kier alpha value is -2.37. The summed E-state index contributed by atoms with van der Waals surface area (Å²) in [4.78, 5) is 14.7. The zero-order chi connectivity index (χ0) is 19.4. The molecule has 1 amide bonds. The van der Waals surface area contributed by atoms with Gasteiger partial charge >= 0.3 is 6.01 Å². The van der Waals surface area contributed by atoms with Gasteiger partial charge in [-0.25, -0.2) is 0 Å². The molecule has 6 nitrogen and oxygen atoms in total. The van der Waals surface area contributed by atoms with Crippen molar-refractivity contribution >= 4 is 11.9 Å². The van der Waals surface area contributed by atoms with Crippen molar-refractivity contribution < 1.29 is 9.21 Å². The molecule has 1 N–H and O–H groups in total. The van der Waals surface area contributed by atoms with E-state index in [1.807, 2.05) is 17.9 Å². The van der Waals surface area contributed by atoms with Crippen molar-refractivity contribution in [2.24, 2.45) is 5.41 Å². The summed E-state index contributed by atoms with van der Waals surface area (Å²) in [7, 11) is 0. The van der Waals surface area contributed by atoms with Crippen LogP contribution >= 0.6 is 0 Å². The van der Waals surface area contributed by atoms with Crippen molar-refractivity contribution in [3.05, 3.63) is 41.8 Å². The number of carbonyl (C=O) groups is 1. The maximum atomic E-state index is 12.7. The van der Waals surface area contributed by atoms with Crippen molar-refractivity contribution in [1.82, 2.24) is 15.1 Å². The highest BCUT2D eigenvalue weighted by atomic mass is 16.4. The SMILES string of the molecule is C[C@H](Nc1nnc([C@@H]2C[C@]2(C)c2ccccc2)o1)C(=O)N1CCC2(CC1)CC2. The van der Waals surface area contributed by atoms with Crippen molar-refractivity contribution in [3.8, 4) is 0 Å². The fraction of sp³-hybridized carbons (Fsp3) is 0.591. The normalized spacial score (nSPS) is 28.8. The number of anilines is 1. The molecule has 0 bridgehead atoms. The molecule has 1 aliphatic heterocycles. The number of hydrogen-bond donors (Lipinski definition) is 1. The third kappa shape index (κ3) is 3.09. The Morgan fingerprint density at radius 2 is 1.89 bits per heavy atom. The molecule has 3 atom stereocenters. The first-order valence-electron chi connectivity index (χ1n) is 10.4. The predicted octanol–water partition coefficient (Wildman–Crippen LogP) is 3.72. The molecule has 2 heterocycles. The van der Waals surface area contributed by atoms with E-state index >= 15 is 0 Å². The van der Waals surface area contributed by atoms with E-state index in [-0.39, 0.29) is 23.3 Å². The van der Waals surface area contributed by atoms with Crippen LogP contribution in [-0.4, -0.2) is 40.1 Å². The van der Waals surface area contributed by atoms with Gasteiger partial charge in [0.05, 0.1) is 0 Å². The number of amides is 1. The van der Waals surface area contributed by atoms with Crippen LogP contribution in [0.3, 0.4) is 0 Å². The summed E-state index contributed by atoms with van der Waals surface area (Å²) in [6, 6.07) is 10.5. The highest BCUT2D eigenvalue weighted by Gasteiger charge is 2.55. The summed E-state index contributed by atoms with van der Waals surface area (Å²) in [5.41, 5.74) is 1.93. The fourth-order valence-electron chi connectivity index (χ4n) is 4.70. The number of rotatable bonds is 5. The molecule has 1 aromatic carbocycles. The van der Waals surface area contributed by atoms with Gasteiger partial charge < -0.3 is 14.6 Å². The molecule has 6 heteroatoms. The Morgan fingerprint density at radius 3 is 2.57 bits per heavy atom. The first-order valence-corrected chi connectivity index (χ1v) is 10.4. The van der Waals surface area contributed by atoms with E-state index in [4.69, 9.17) is 4.42 Å². The van der Waals surface area contributed by atoms with Gasteiger partial charge in [-0.05, 0) is 50.0 Å². The summed E-state index contributed by atoms with van der Waals surface area (Å²) in [5.74, 6) is 1.01. The third-order valence-electron chi connectivity index (χ3n) is 7.21. The number of hydrogen-bond acceptors (Lipinski definition) is 5. The fourth-order valence-corrected chi connectivity index (χ4v) is 4.70. The predicted molar refractivity (Wildman–Crippen MR) is 106 cm³/mol. The van der Waals surface area contributed by atoms with Crippen LogP contribution in [0.15, 0.2) is 34.7 Å². The standard InChI is InChI=1S/C22H28N4O2/c1-15(19(27)26-12-10-22(8-9-22)11-13-26)23-20-25-24-18(28-20)17-14-21(17,2)16-6-4-3-5-7-16/h3-7,15,17H,8-14H2,1-2H3,(H,23,25)/t15-,17-,21+/m0/s1. The smallest absolute Gasteiger partial charge is 0.316 e. The topological polar surface area (TPSA) is 71.3 Å². The molecule has 28 heavy (non-hydrogen) atoms. The monoisotopic (exact) mass is 380 g/mol. The quantitative estimate of drug-likeness (QED) is 0.856. The van der Waals surface area contributed by atoms with Crippen LogP contribution in [-0.2, 0) is 10.2 Å². The molecule has 3 aliphatic rings. The lowest BCUT2D eigenvalue weighted by atomic mass is 9.93. The lowest BCUT2D eigenvalue weighted by Crippen LogP contribution is -2.45. The first-order chi connectivity index (χ1) is 13.5. The molecule has 2 saturated carbocycles. The molecular weight excluding hydrogens is 352 g/mol. The van der Waals surface area contributed by atoms with Crippen molar-refractivity contribution in [1.29, 1.82) is 0 Å². The summed E-state index contributed by atoms with van der Waals surface area (Å²) < 4.78 is 5.87. The molecule has 2 aromatic rings. The largest absolute Gasteiger partial charge is 0.408 e. The van der Waals surface area contributed by atoms with E-state index in [2.05, 4.69) is 46.7 Å². The van der Waals surface area contributed by atoms with E-state index in [1.54, 1.807) is 0 Å². The van der Waals surface area contributed by atoms with E-state index < -0.39 is 0 Å². The van der Waals surface area contributed by atoms with Crippen molar-refractivity contribution in [2.75, 3.05) is 18.4 Å². The Labute approximate surface area is 165 Å². The average Bonchev–Trinajstić information content (AvgIpc) is 3.58. The minimum Gasteiger partial charge on any atom is -0.408 e. The van der Waals surface area contributed by atoms with Crippen LogP contribution in [0.2, 0.25) is 0 Å². The number of piperidine rings is 1. The highest BCUT2D eigenvalue weighted by Crippen LogP contribution is 2.59. The summed E-state index contributed by atoms with van der Waals surface area (Å²) in [6.45, 7) is 5.85. The Morgan fingerprint density at radius 1 is 1.18 bits per heavy atom. The van der Waals surface area contributed by atoms with Gasteiger partial charge in [-0.1, -0.05) is 42.4 Å². The van der Waals surface area contributed by atoms with Crippen LogP contribution < -0.4 is 5.32 Å². The van der Waals surface area contributed by atoms with Crippen LogP contribution in [0, 0.1) is 5.41 Å². The summed E-state index contributed by atoms with van der Waals surface area (Å²) in [6.07, 6.45) is 5.99. The molecule has 0 radical (unpaired) electrons. The number of benzene rings is 1. The second kappa shape index (κ2) is 6.33. The molecule has 2 aliphatic carbocycles. The summed E-state index contributed by atoms with van der Waals surface area (Å²) in [5, 5.41) is 11.5. The zero-order valence-electron chi connectivity index (χ0n) is 16.6. The lowest BCUT2D eigenvalue weighted by Gasteiger charge is -2.33. The highest BCUT2D eigenvalue weighted by molar-refractivity contribution is 5.83. The molecule has 1 aromatic heterocycles. The maximum absolute atomic E-state index is 12.7. The number of likely N-dealkylation sites (tertiary alicyclic amines) is 1. The molecule has 1 spiro atoms. The van der Waals surface area contributed by atoms with E-state index in [0.29, 0.717) is 17.3 Å². The van der Waals surface area contributed by atoms with Crippen LogP contribution in [0.25, 0.3) is 0 Å². The van der Waals surface area contributed by atoms with Crippen LogP contribution in [0.5, 0.6) is 0 Å². The minimum atomic E-state index is -0.360. The minimum absolute atomic E-state index is 0.0546. The Balaban J connectivity index is 1.19. The summed E-state index contributed by atoms with van der Waals surface area (Å²) >= 11 is 0. The molecule has 3 fully saturated rings. The van der Waals surface area contributed by atoms with Gasteiger partial charge in [-0.15, -0.1) is 5.10 Å². The molecule has 5 rings (SSSR count). The van der Waals surface area contributed by atoms with Gasteiger partial charge in [0, 0.05) is 24.4 Å². The number of carbonyl (C=O) groups excluding carboxylic acids is 1. The lowest BCUT2D eigenvalue weighted by molar-refractivity contribution is -0.133. The molecule has 148 valence electrons. The number of aromatic nitrogens is 2. The van der Waals surface area contributed by atoms with Crippen molar-refractivity contribution in [3.63, 3.8) is 0 Å². The number of nitrogens with zero attached hydrogens (tertiary/aromatic N) is 3. The molecule has 1 saturated heterocycles. The van der Waals surface area contributed by atoms with Gasteiger partial charge in [0.1, 0.15) is 6.04 Å². The van der Waals surface area contributed by atoms with E-state index in [0.717, 1.165) is 32.4 Å². The molecular formula is C22H28N4O2. The molecule has 0 unspecified atom stereocenters. The van der Waals surface area contributed by atoms with Crippen LogP contribution in [0.4, 0.5) is 6.01 Å². The van der Waals surface area contributed by atoms with Gasteiger partial charge in [-0.3, -0.25) is 4.79 Å². The Bertz CT molecular complexity index is 866. The van der Waals surface area contributed by atoms with E-state index in [1.165, 1.54) is 18.4 Å². The third-order valence-corrected chi connectivity index (χ3v) is 7.21. The van der Waals surface area contributed by atoms with Crippen molar-refractivity contribution in [2.45, 2.75) is 63.3 Å².